The van der Waals surface area contributed by atoms with Gasteiger partial charge in [0.05, 0.1) is 0 Å². The Labute approximate surface area is 131 Å². The third kappa shape index (κ3) is 2.83. The first-order chi connectivity index (χ1) is 10.1. The van der Waals surface area contributed by atoms with Crippen molar-refractivity contribution < 1.29 is 4.79 Å². The van der Waals surface area contributed by atoms with Gasteiger partial charge in [0, 0.05) is 15.7 Å². The van der Waals surface area contributed by atoms with Crippen LogP contribution in [-0.2, 0) is 0 Å². The lowest BCUT2D eigenvalue weighted by Gasteiger charge is -2.09. The van der Waals surface area contributed by atoms with E-state index in [2.05, 4.69) is 21.2 Å². The van der Waals surface area contributed by atoms with Gasteiger partial charge in [0.25, 0.3) is 5.91 Å². The molecule has 104 valence electrons. The first kappa shape index (κ1) is 13.8. The van der Waals surface area contributed by atoms with Gasteiger partial charge >= 0.3 is 0 Å². The number of hydrogen-bond acceptors (Lipinski definition) is 1. The second-order valence-corrected chi connectivity index (χ2v) is 5.82. The molecule has 0 spiro atoms. The van der Waals surface area contributed by atoms with Gasteiger partial charge in [-0.25, -0.2) is 0 Å². The lowest BCUT2D eigenvalue weighted by atomic mass is 10.0. The Bertz CT molecular complexity index is 826. The molecule has 0 aliphatic heterocycles. The molecule has 0 atom stereocenters. The van der Waals surface area contributed by atoms with Crippen LogP contribution in [0.15, 0.2) is 65.1 Å². The summed E-state index contributed by atoms with van der Waals surface area (Å²) in [4.78, 5) is 12.5. The zero-order valence-corrected chi connectivity index (χ0v) is 13.1. The number of anilines is 1. The number of amides is 1. The van der Waals surface area contributed by atoms with Crippen LogP contribution in [0.5, 0.6) is 0 Å². The van der Waals surface area contributed by atoms with Crippen LogP contribution in [0.2, 0.25) is 0 Å². The van der Waals surface area contributed by atoms with Crippen molar-refractivity contribution in [3.05, 3.63) is 76.3 Å². The summed E-state index contributed by atoms with van der Waals surface area (Å²) in [6, 6.07) is 19.4. The first-order valence-corrected chi connectivity index (χ1v) is 7.50. The maximum absolute atomic E-state index is 12.5. The summed E-state index contributed by atoms with van der Waals surface area (Å²) in [5.74, 6) is -0.0932. The highest BCUT2D eigenvalue weighted by molar-refractivity contribution is 9.10. The van der Waals surface area contributed by atoms with Crippen molar-refractivity contribution in [3.63, 3.8) is 0 Å². The van der Waals surface area contributed by atoms with Gasteiger partial charge in [0.2, 0.25) is 0 Å². The van der Waals surface area contributed by atoms with Crippen molar-refractivity contribution in [3.8, 4) is 0 Å². The fraction of sp³-hybridized carbons (Fsp3) is 0.0556. The van der Waals surface area contributed by atoms with E-state index in [1.165, 1.54) is 0 Å². The van der Waals surface area contributed by atoms with Crippen LogP contribution in [0.25, 0.3) is 10.8 Å². The summed E-state index contributed by atoms with van der Waals surface area (Å²) in [7, 11) is 0. The minimum atomic E-state index is -0.0932. The summed E-state index contributed by atoms with van der Waals surface area (Å²) in [5, 5.41) is 4.93. The first-order valence-electron chi connectivity index (χ1n) is 6.70. The van der Waals surface area contributed by atoms with Crippen LogP contribution in [0, 0.1) is 6.92 Å². The zero-order valence-electron chi connectivity index (χ0n) is 11.6. The predicted octanol–water partition coefficient (Wildman–Crippen LogP) is 5.16. The van der Waals surface area contributed by atoms with Crippen LogP contribution in [0.4, 0.5) is 5.69 Å². The van der Waals surface area contributed by atoms with Gasteiger partial charge in [-0.15, -0.1) is 0 Å². The third-order valence-electron chi connectivity index (χ3n) is 3.39. The van der Waals surface area contributed by atoms with Crippen LogP contribution in [0.3, 0.4) is 0 Å². The number of fused-ring (bicyclic) bond motifs is 1. The monoisotopic (exact) mass is 339 g/mol. The Morgan fingerprint density at radius 3 is 2.48 bits per heavy atom. The second kappa shape index (κ2) is 5.70. The summed E-state index contributed by atoms with van der Waals surface area (Å²) in [5.41, 5.74) is 2.61. The zero-order chi connectivity index (χ0) is 14.8. The second-order valence-electron chi connectivity index (χ2n) is 4.96. The van der Waals surface area contributed by atoms with Crippen LogP contribution in [0.1, 0.15) is 15.9 Å². The normalized spacial score (nSPS) is 10.6. The molecule has 0 unspecified atom stereocenters. The predicted molar refractivity (Wildman–Crippen MR) is 90.8 cm³/mol. The van der Waals surface area contributed by atoms with Crippen molar-refractivity contribution in [2.45, 2.75) is 6.92 Å². The van der Waals surface area contributed by atoms with Crippen LogP contribution >= 0.6 is 15.9 Å². The van der Waals surface area contributed by atoms with E-state index in [9.17, 15) is 4.79 Å². The van der Waals surface area contributed by atoms with Gasteiger partial charge in [-0.3, -0.25) is 4.79 Å². The standard InChI is InChI=1S/C18H14BrNO/c1-12-5-2-6-13(11-12)20-18(21)16-9-3-8-15-14(16)7-4-10-17(15)19/h2-11H,1H3,(H,20,21). The highest BCUT2D eigenvalue weighted by Crippen LogP contribution is 2.26. The van der Waals surface area contributed by atoms with E-state index in [-0.39, 0.29) is 5.91 Å². The molecule has 3 rings (SSSR count). The van der Waals surface area contributed by atoms with E-state index in [4.69, 9.17) is 0 Å². The molecule has 1 amide bonds. The highest BCUT2D eigenvalue weighted by Gasteiger charge is 2.11. The van der Waals surface area contributed by atoms with Crippen LogP contribution < -0.4 is 5.32 Å². The van der Waals surface area contributed by atoms with Gasteiger partial charge in [-0.1, -0.05) is 52.3 Å². The number of benzene rings is 3. The Hall–Kier alpha value is -2.13. The molecule has 0 saturated heterocycles. The van der Waals surface area contributed by atoms with Crippen molar-refractivity contribution in [1.82, 2.24) is 0 Å². The fourth-order valence-electron chi connectivity index (χ4n) is 2.39. The van der Waals surface area contributed by atoms with Gasteiger partial charge in [0.15, 0.2) is 0 Å². The number of carbonyl (C=O) groups excluding carboxylic acids is 1. The van der Waals surface area contributed by atoms with Gasteiger partial charge in [0.1, 0.15) is 0 Å². The van der Waals surface area contributed by atoms with Crippen molar-refractivity contribution in [1.29, 1.82) is 0 Å². The molecule has 3 heteroatoms. The maximum atomic E-state index is 12.5. The minimum absolute atomic E-state index is 0.0932. The van der Waals surface area contributed by atoms with E-state index in [1.807, 2.05) is 67.6 Å². The Kier molecular flexibility index (Phi) is 3.76. The summed E-state index contributed by atoms with van der Waals surface area (Å²) in [6.07, 6.45) is 0. The molecular weight excluding hydrogens is 326 g/mol. The molecule has 0 aliphatic carbocycles. The van der Waals surface area contributed by atoms with Gasteiger partial charge in [-0.05, 0) is 47.5 Å². The van der Waals surface area contributed by atoms with Gasteiger partial charge in [-0.2, -0.15) is 0 Å². The molecule has 1 N–H and O–H groups in total. The molecule has 0 bridgehead atoms. The number of rotatable bonds is 2. The van der Waals surface area contributed by atoms with Crippen molar-refractivity contribution >= 4 is 38.3 Å². The number of nitrogens with one attached hydrogen (secondary N) is 1. The number of carbonyl (C=O) groups is 1. The molecule has 3 aromatic carbocycles. The maximum Gasteiger partial charge on any atom is 0.256 e. The Balaban J connectivity index is 2.00. The molecule has 0 aromatic heterocycles. The Morgan fingerprint density at radius 2 is 1.67 bits per heavy atom. The van der Waals surface area contributed by atoms with E-state index in [0.717, 1.165) is 26.5 Å². The molecule has 0 heterocycles. The molecule has 0 saturated carbocycles. The van der Waals surface area contributed by atoms with Crippen molar-refractivity contribution in [2.24, 2.45) is 0 Å². The lowest BCUT2D eigenvalue weighted by molar-refractivity contribution is 0.102. The van der Waals surface area contributed by atoms with E-state index in [0.29, 0.717) is 5.56 Å². The SMILES string of the molecule is Cc1cccc(NC(=O)c2cccc3c(Br)cccc23)c1. The largest absolute Gasteiger partial charge is 0.322 e. The number of aryl methyl sites for hydroxylation is 1. The number of hydrogen-bond donors (Lipinski definition) is 1. The average molecular weight is 340 g/mol. The average Bonchev–Trinajstić information content (AvgIpc) is 2.47. The summed E-state index contributed by atoms with van der Waals surface area (Å²) < 4.78 is 0.991. The third-order valence-corrected chi connectivity index (χ3v) is 4.08. The molecular formula is C18H14BrNO. The van der Waals surface area contributed by atoms with Crippen LogP contribution in [-0.4, -0.2) is 5.91 Å². The highest BCUT2D eigenvalue weighted by atomic mass is 79.9. The van der Waals surface area contributed by atoms with E-state index >= 15 is 0 Å². The summed E-state index contributed by atoms with van der Waals surface area (Å²) >= 11 is 3.52. The lowest BCUT2D eigenvalue weighted by Crippen LogP contribution is -2.12. The molecule has 3 aromatic rings. The number of halogens is 1. The molecule has 0 radical (unpaired) electrons. The molecule has 0 fully saturated rings. The van der Waals surface area contributed by atoms with E-state index in [1.54, 1.807) is 0 Å². The minimum Gasteiger partial charge on any atom is -0.322 e. The molecule has 2 nitrogen and oxygen atoms in total. The molecule has 21 heavy (non-hydrogen) atoms. The smallest absolute Gasteiger partial charge is 0.256 e. The van der Waals surface area contributed by atoms with Gasteiger partial charge < -0.3 is 5.32 Å². The quantitative estimate of drug-likeness (QED) is 0.686. The Morgan fingerprint density at radius 1 is 0.952 bits per heavy atom. The molecule has 0 aliphatic rings. The fourth-order valence-corrected chi connectivity index (χ4v) is 2.89. The van der Waals surface area contributed by atoms with Crippen molar-refractivity contribution in [2.75, 3.05) is 5.32 Å². The summed E-state index contributed by atoms with van der Waals surface area (Å²) in [6.45, 7) is 2.00. The topological polar surface area (TPSA) is 29.1 Å². The van der Waals surface area contributed by atoms with E-state index < -0.39 is 0 Å².